The van der Waals surface area contributed by atoms with Crippen LogP contribution in [0.5, 0.6) is 5.75 Å². The van der Waals surface area contributed by atoms with Crippen molar-refractivity contribution < 1.29 is 23.9 Å². The van der Waals surface area contributed by atoms with Crippen LogP contribution in [0.1, 0.15) is 51.2 Å². The number of thioether (sulfide) groups is 1. The molecule has 3 fully saturated rings. The van der Waals surface area contributed by atoms with E-state index in [9.17, 15) is 19.2 Å². The summed E-state index contributed by atoms with van der Waals surface area (Å²) in [6.07, 6.45) is 0.818. The second-order valence-corrected chi connectivity index (χ2v) is 14.8. The summed E-state index contributed by atoms with van der Waals surface area (Å²) in [7, 11) is 0. The number of ether oxygens (including phenoxy) is 2. The number of H-pyrrole nitrogens is 1. The molecular formula is C36H32N2O6S2. The molecule has 10 heteroatoms. The number of nitrogens with one attached hydrogen (secondary N) is 1. The number of fused-ring (bicyclic) bond motifs is 9. The van der Waals surface area contributed by atoms with Crippen LogP contribution in [0.15, 0.2) is 82.6 Å². The van der Waals surface area contributed by atoms with E-state index >= 15 is 0 Å². The lowest BCUT2D eigenvalue weighted by Crippen LogP contribution is -2.42. The van der Waals surface area contributed by atoms with Crippen LogP contribution in [0.2, 0.25) is 0 Å². The highest BCUT2D eigenvalue weighted by Gasteiger charge is 2.69. The smallest absolute Gasteiger partial charge is 0.338 e. The van der Waals surface area contributed by atoms with Gasteiger partial charge in [0.25, 0.3) is 0 Å². The van der Waals surface area contributed by atoms with Crippen LogP contribution in [0, 0.1) is 36.5 Å². The van der Waals surface area contributed by atoms with Crippen LogP contribution < -0.4 is 14.5 Å². The van der Waals surface area contributed by atoms with Gasteiger partial charge in [-0.1, -0.05) is 53.3 Å². The first-order valence-electron chi connectivity index (χ1n) is 15.7. The molecule has 0 unspecified atom stereocenters. The fraction of sp³-hybridized carbons (Fsp3) is 0.333. The van der Waals surface area contributed by atoms with Crippen LogP contribution in [0.4, 0.5) is 5.69 Å². The van der Waals surface area contributed by atoms with Gasteiger partial charge in [-0.05, 0) is 85.5 Å². The summed E-state index contributed by atoms with van der Waals surface area (Å²) in [6.45, 7) is 4.55. The van der Waals surface area contributed by atoms with E-state index in [2.05, 4.69) is 36.2 Å². The van der Waals surface area contributed by atoms with Gasteiger partial charge in [0.15, 0.2) is 0 Å². The van der Waals surface area contributed by atoms with Gasteiger partial charge in [0, 0.05) is 16.0 Å². The van der Waals surface area contributed by atoms with Crippen molar-refractivity contribution >= 4 is 46.6 Å². The number of aryl methyl sites for hydroxylation is 1. The maximum atomic E-state index is 14.1. The molecule has 2 bridgehead atoms. The summed E-state index contributed by atoms with van der Waals surface area (Å²) < 4.78 is 11.2. The summed E-state index contributed by atoms with van der Waals surface area (Å²) in [4.78, 5) is 58.1. The fourth-order valence-electron chi connectivity index (χ4n) is 8.35. The topological polar surface area (TPSA) is 106 Å². The van der Waals surface area contributed by atoms with Gasteiger partial charge in [-0.3, -0.25) is 19.3 Å². The number of esters is 1. The number of benzene rings is 3. The van der Waals surface area contributed by atoms with Crippen molar-refractivity contribution in [3.05, 3.63) is 110 Å². The number of nitrogens with zero attached hydrogens (tertiary/aromatic N) is 1. The molecule has 1 aromatic heterocycles. The predicted molar refractivity (Wildman–Crippen MR) is 175 cm³/mol. The number of hydrogen-bond acceptors (Lipinski definition) is 8. The number of aromatic amines is 1. The molecule has 2 saturated carbocycles. The number of carbonyl (C=O) groups excluding carboxylic acids is 3. The minimum atomic E-state index is -0.438. The summed E-state index contributed by atoms with van der Waals surface area (Å²) in [5.41, 5.74) is 4.24. The molecule has 4 aromatic rings. The number of hydrogen-bond donors (Lipinski definition) is 1. The standard InChI is InChI=1S/C36H32N2O6S2/c1-3-43-35(41)21-7-11-22(12-8-21)38-33(39)28-24-16-25(29(28)34(38)40)30-27(24)26(31-32(45-30)37-36(42)46-31)20-9-13-23(14-10-20)44-17-19-6-4-5-18(2)15-19/h4-15,24-30H,3,16-17H2,1-2H3,(H,37,42)/t24-,25-,26+,27+,28+,29+,30-/m1/s1. The number of imide groups is 1. The molecule has 4 aliphatic rings. The lowest BCUT2D eigenvalue weighted by molar-refractivity contribution is -0.123. The van der Waals surface area contributed by atoms with E-state index in [4.69, 9.17) is 9.47 Å². The van der Waals surface area contributed by atoms with Crippen LogP contribution in [0.25, 0.3) is 0 Å². The molecule has 8 rings (SSSR count). The zero-order valence-corrected chi connectivity index (χ0v) is 26.9. The van der Waals surface area contributed by atoms with E-state index in [0.717, 1.165) is 33.2 Å². The summed E-state index contributed by atoms with van der Waals surface area (Å²) in [5, 5.41) is 0.988. The van der Waals surface area contributed by atoms with Gasteiger partial charge >= 0.3 is 10.8 Å². The van der Waals surface area contributed by atoms with Gasteiger partial charge in [-0.25, -0.2) is 4.79 Å². The lowest BCUT2D eigenvalue weighted by atomic mass is 9.68. The quantitative estimate of drug-likeness (QED) is 0.188. The van der Waals surface area contributed by atoms with Crippen molar-refractivity contribution in [2.75, 3.05) is 11.5 Å². The minimum Gasteiger partial charge on any atom is -0.489 e. The third kappa shape index (κ3) is 4.64. The number of anilines is 1. The van der Waals surface area contributed by atoms with E-state index in [1.54, 1.807) is 43.0 Å². The van der Waals surface area contributed by atoms with Crippen LogP contribution in [-0.2, 0) is 20.9 Å². The maximum Gasteiger partial charge on any atom is 0.338 e. The summed E-state index contributed by atoms with van der Waals surface area (Å²) in [5.74, 6) is -0.702. The Labute approximate surface area is 274 Å². The Morgan fingerprint density at radius 1 is 0.957 bits per heavy atom. The maximum absolute atomic E-state index is 14.1. The molecule has 0 radical (unpaired) electrons. The number of thiazole rings is 1. The predicted octanol–water partition coefficient (Wildman–Crippen LogP) is 6.18. The van der Waals surface area contributed by atoms with Crippen molar-refractivity contribution in [2.45, 2.75) is 43.1 Å². The third-order valence-electron chi connectivity index (χ3n) is 10.1. The molecule has 8 nitrogen and oxygen atoms in total. The monoisotopic (exact) mass is 652 g/mol. The molecule has 1 N–H and O–H groups in total. The zero-order valence-electron chi connectivity index (χ0n) is 25.3. The third-order valence-corrected chi connectivity index (χ3v) is 12.7. The highest BCUT2D eigenvalue weighted by Crippen LogP contribution is 2.68. The molecular weight excluding hydrogens is 621 g/mol. The average molecular weight is 653 g/mol. The highest BCUT2D eigenvalue weighted by atomic mass is 32.2. The Kier molecular flexibility index (Phi) is 7.17. The molecule has 1 saturated heterocycles. The normalized spacial score (nSPS) is 27.3. The first-order chi connectivity index (χ1) is 22.3. The van der Waals surface area contributed by atoms with E-state index < -0.39 is 11.9 Å². The Morgan fingerprint density at radius 3 is 2.41 bits per heavy atom. The molecule has 234 valence electrons. The summed E-state index contributed by atoms with van der Waals surface area (Å²) in [6, 6.07) is 22.9. The molecule has 2 amide bonds. The van der Waals surface area contributed by atoms with Crippen molar-refractivity contribution in [1.82, 2.24) is 4.98 Å². The Hall–Kier alpha value is -4.15. The molecule has 0 spiro atoms. The largest absolute Gasteiger partial charge is 0.489 e. The molecule has 3 aromatic carbocycles. The van der Waals surface area contributed by atoms with Crippen molar-refractivity contribution in [2.24, 2.45) is 29.6 Å². The molecule has 46 heavy (non-hydrogen) atoms. The second kappa shape index (κ2) is 11.3. The second-order valence-electron chi connectivity index (χ2n) is 12.6. The first-order valence-corrected chi connectivity index (χ1v) is 17.3. The van der Waals surface area contributed by atoms with E-state index in [0.29, 0.717) is 17.9 Å². The zero-order chi connectivity index (χ0) is 31.7. The van der Waals surface area contributed by atoms with Gasteiger partial charge in [-0.15, -0.1) is 11.8 Å². The minimum absolute atomic E-state index is 0.0142. The average Bonchev–Trinajstić information content (AvgIpc) is 3.79. The lowest BCUT2D eigenvalue weighted by Gasteiger charge is -2.43. The van der Waals surface area contributed by atoms with Gasteiger partial charge in [0.1, 0.15) is 12.4 Å². The van der Waals surface area contributed by atoms with Crippen LogP contribution >= 0.6 is 23.1 Å². The molecule has 2 aliphatic heterocycles. The van der Waals surface area contributed by atoms with Crippen LogP contribution in [-0.4, -0.2) is 34.6 Å². The first kappa shape index (κ1) is 29.3. The Balaban J connectivity index is 1.08. The summed E-state index contributed by atoms with van der Waals surface area (Å²) >= 11 is 2.93. The SMILES string of the molecule is CCOC(=O)c1ccc(N2C(=O)[C@H]3[C@H]4C[C@@H]([C@@H]3C2=O)[C@H]2[C@H](c3ccc(OCc5cccc(C)c5)cc3)c3sc(=O)[nH]c3S[C@H]42)cc1. The van der Waals surface area contributed by atoms with Gasteiger partial charge in [-0.2, -0.15) is 0 Å². The van der Waals surface area contributed by atoms with Gasteiger partial charge < -0.3 is 14.5 Å². The number of amides is 2. The van der Waals surface area contributed by atoms with E-state index in [1.165, 1.54) is 21.8 Å². The van der Waals surface area contributed by atoms with Crippen molar-refractivity contribution in [3.63, 3.8) is 0 Å². The molecule has 3 heterocycles. The van der Waals surface area contributed by atoms with Gasteiger partial charge in [0.2, 0.25) is 11.8 Å². The van der Waals surface area contributed by atoms with E-state index in [-0.39, 0.29) is 58.1 Å². The number of carbonyl (C=O) groups is 3. The Bertz CT molecular complexity index is 1920. The van der Waals surface area contributed by atoms with E-state index in [1.807, 2.05) is 24.3 Å². The Morgan fingerprint density at radius 2 is 1.70 bits per heavy atom. The fourth-order valence-corrected chi connectivity index (χ4v) is 11.2. The highest BCUT2D eigenvalue weighted by molar-refractivity contribution is 8.00. The molecule has 7 atom stereocenters. The van der Waals surface area contributed by atoms with Gasteiger partial charge in [0.05, 0.1) is 34.7 Å². The van der Waals surface area contributed by atoms with Crippen molar-refractivity contribution in [3.8, 4) is 5.75 Å². The van der Waals surface area contributed by atoms with Crippen LogP contribution in [0.3, 0.4) is 0 Å². The molecule has 2 aliphatic carbocycles. The number of rotatable bonds is 7. The van der Waals surface area contributed by atoms with Crippen molar-refractivity contribution in [1.29, 1.82) is 0 Å². The number of aromatic nitrogens is 1.